The number of nitrogens with one attached hydrogen (secondary N) is 1. The van der Waals surface area contributed by atoms with Gasteiger partial charge in [0.05, 0.1) is 12.2 Å². The highest BCUT2D eigenvalue weighted by Crippen LogP contribution is 2.26. The lowest BCUT2D eigenvalue weighted by Crippen LogP contribution is -2.39. The highest BCUT2D eigenvalue weighted by Gasteiger charge is 2.20. The van der Waals surface area contributed by atoms with E-state index in [2.05, 4.69) is 39.7 Å². The molecule has 1 aromatic rings. The van der Waals surface area contributed by atoms with Crippen LogP contribution in [0.25, 0.3) is 0 Å². The summed E-state index contributed by atoms with van der Waals surface area (Å²) in [5.74, 6) is 1.11. The molecule has 0 aliphatic carbocycles. The van der Waals surface area contributed by atoms with Crippen molar-refractivity contribution in [1.29, 1.82) is 0 Å². The fourth-order valence-electron chi connectivity index (χ4n) is 1.97. The Hall–Kier alpha value is -1.16. The summed E-state index contributed by atoms with van der Waals surface area (Å²) in [5, 5.41) is 3.26. The first-order chi connectivity index (χ1) is 7.43. The van der Waals surface area contributed by atoms with Crippen molar-refractivity contribution >= 4 is 22.6 Å². The van der Waals surface area contributed by atoms with Gasteiger partial charge in [0, 0.05) is 12.3 Å². The molecular weight excluding hydrogens is 206 g/mol. The number of anilines is 1. The van der Waals surface area contributed by atoms with Crippen LogP contribution in [0.2, 0.25) is 0 Å². The zero-order chi connectivity index (χ0) is 10.1. The summed E-state index contributed by atoms with van der Waals surface area (Å²) in [6.07, 6.45) is 1.13. The second kappa shape index (κ2) is 3.77. The molecule has 15 heavy (non-hydrogen) atoms. The normalized spacial score (nSPS) is 18.9. The lowest BCUT2D eigenvalue weighted by Gasteiger charge is -2.20. The molecule has 0 fully saturated rings. The molecule has 0 saturated carbocycles. The van der Waals surface area contributed by atoms with Crippen molar-refractivity contribution in [1.82, 2.24) is 5.43 Å². The molecule has 1 N–H and O–H groups in total. The first-order valence-corrected chi connectivity index (χ1v) is 6.21. The molecular formula is C11H13N3S. The van der Waals surface area contributed by atoms with E-state index in [1.807, 2.05) is 0 Å². The van der Waals surface area contributed by atoms with E-state index in [0.29, 0.717) is 0 Å². The number of fused-ring (bicyclic) bond motifs is 1. The van der Waals surface area contributed by atoms with Crippen molar-refractivity contribution in [2.24, 2.45) is 4.99 Å². The Balaban J connectivity index is 1.79. The number of benzene rings is 1. The van der Waals surface area contributed by atoms with Crippen LogP contribution in [-0.4, -0.2) is 24.0 Å². The van der Waals surface area contributed by atoms with Gasteiger partial charge < -0.3 is 0 Å². The zero-order valence-corrected chi connectivity index (χ0v) is 9.26. The molecule has 0 saturated heterocycles. The van der Waals surface area contributed by atoms with Gasteiger partial charge in [0.2, 0.25) is 0 Å². The Kier molecular flexibility index (Phi) is 2.29. The smallest absolute Gasteiger partial charge is 0.175 e. The maximum atomic E-state index is 4.40. The van der Waals surface area contributed by atoms with E-state index in [1.54, 1.807) is 11.8 Å². The van der Waals surface area contributed by atoms with Gasteiger partial charge in [-0.15, -0.1) is 0 Å². The minimum absolute atomic E-state index is 0.947. The number of hydrazine groups is 1. The van der Waals surface area contributed by atoms with E-state index in [0.717, 1.165) is 30.4 Å². The molecule has 0 radical (unpaired) electrons. The molecule has 0 bridgehead atoms. The molecule has 4 heteroatoms. The number of nitrogens with zero attached hydrogens (tertiary/aromatic N) is 2. The van der Waals surface area contributed by atoms with E-state index in [9.17, 15) is 0 Å². The van der Waals surface area contributed by atoms with E-state index in [4.69, 9.17) is 0 Å². The van der Waals surface area contributed by atoms with Gasteiger partial charge in [-0.3, -0.25) is 15.4 Å². The number of amidine groups is 1. The highest BCUT2D eigenvalue weighted by molar-refractivity contribution is 8.14. The Bertz CT molecular complexity index is 403. The van der Waals surface area contributed by atoms with E-state index in [1.165, 1.54) is 11.3 Å². The van der Waals surface area contributed by atoms with Crippen LogP contribution in [0.5, 0.6) is 0 Å². The number of rotatable bonds is 1. The Morgan fingerprint density at radius 1 is 1.33 bits per heavy atom. The summed E-state index contributed by atoms with van der Waals surface area (Å²) >= 11 is 1.80. The van der Waals surface area contributed by atoms with Crippen molar-refractivity contribution in [2.45, 2.75) is 6.42 Å². The molecule has 0 spiro atoms. The third-order valence-electron chi connectivity index (χ3n) is 2.70. The predicted molar refractivity (Wildman–Crippen MR) is 65.4 cm³/mol. The number of hydrogen-bond donors (Lipinski definition) is 1. The monoisotopic (exact) mass is 219 g/mol. The fourth-order valence-corrected chi connectivity index (χ4v) is 2.71. The summed E-state index contributed by atoms with van der Waals surface area (Å²) in [4.78, 5) is 4.40. The van der Waals surface area contributed by atoms with Gasteiger partial charge in [-0.1, -0.05) is 30.0 Å². The van der Waals surface area contributed by atoms with Crippen molar-refractivity contribution in [3.63, 3.8) is 0 Å². The van der Waals surface area contributed by atoms with Crippen LogP contribution < -0.4 is 10.4 Å². The highest BCUT2D eigenvalue weighted by atomic mass is 32.2. The standard InChI is InChI=1S/C11H13N3S/c1-2-4-10-9(3-1)5-7-14(10)13-11-12-6-8-15-11/h1-4H,5-8H2,(H,12,13). The molecule has 1 aromatic carbocycles. The second-order valence-corrected chi connectivity index (χ2v) is 4.76. The Morgan fingerprint density at radius 2 is 2.27 bits per heavy atom. The second-order valence-electron chi connectivity index (χ2n) is 3.68. The maximum Gasteiger partial charge on any atom is 0.175 e. The minimum atomic E-state index is 0.947. The topological polar surface area (TPSA) is 27.6 Å². The van der Waals surface area contributed by atoms with Crippen molar-refractivity contribution < 1.29 is 0 Å². The van der Waals surface area contributed by atoms with E-state index < -0.39 is 0 Å². The Labute approximate surface area is 93.5 Å². The average Bonchev–Trinajstić information content (AvgIpc) is 2.89. The van der Waals surface area contributed by atoms with Crippen LogP contribution in [0.1, 0.15) is 5.56 Å². The molecule has 3 nitrogen and oxygen atoms in total. The molecule has 78 valence electrons. The Morgan fingerprint density at radius 3 is 3.13 bits per heavy atom. The molecule has 0 unspecified atom stereocenters. The maximum absolute atomic E-state index is 4.40. The van der Waals surface area contributed by atoms with Crippen LogP contribution in [0, 0.1) is 0 Å². The summed E-state index contributed by atoms with van der Waals surface area (Å²) in [7, 11) is 0. The van der Waals surface area contributed by atoms with Crippen molar-refractivity contribution in [3.05, 3.63) is 29.8 Å². The van der Waals surface area contributed by atoms with E-state index >= 15 is 0 Å². The van der Waals surface area contributed by atoms with Gasteiger partial charge in [-0.25, -0.2) is 0 Å². The third-order valence-corrected chi connectivity index (χ3v) is 3.58. The van der Waals surface area contributed by atoms with Crippen molar-refractivity contribution in [3.8, 4) is 0 Å². The van der Waals surface area contributed by atoms with Gasteiger partial charge in [-0.2, -0.15) is 0 Å². The minimum Gasteiger partial charge on any atom is -0.286 e. The van der Waals surface area contributed by atoms with Crippen LogP contribution in [0.15, 0.2) is 29.3 Å². The van der Waals surface area contributed by atoms with Gasteiger partial charge in [0.25, 0.3) is 0 Å². The van der Waals surface area contributed by atoms with Crippen LogP contribution in [0.4, 0.5) is 5.69 Å². The van der Waals surface area contributed by atoms with Crippen LogP contribution in [0.3, 0.4) is 0 Å². The quantitative estimate of drug-likeness (QED) is 0.778. The van der Waals surface area contributed by atoms with Gasteiger partial charge >= 0.3 is 0 Å². The largest absolute Gasteiger partial charge is 0.286 e. The zero-order valence-electron chi connectivity index (χ0n) is 8.44. The number of aliphatic imine (C=N–C) groups is 1. The molecule has 0 atom stereocenters. The summed E-state index contributed by atoms with van der Waals surface area (Å²) in [6, 6.07) is 8.54. The fraction of sp³-hybridized carbons (Fsp3) is 0.364. The lowest BCUT2D eigenvalue weighted by molar-refractivity contribution is 0.806. The van der Waals surface area contributed by atoms with Gasteiger partial charge in [0.1, 0.15) is 0 Å². The molecule has 0 amide bonds. The molecule has 2 aliphatic rings. The summed E-state index contributed by atoms with van der Waals surface area (Å²) in [6.45, 7) is 1.99. The summed E-state index contributed by atoms with van der Waals surface area (Å²) < 4.78 is 0. The van der Waals surface area contributed by atoms with Crippen molar-refractivity contribution in [2.75, 3.05) is 23.9 Å². The van der Waals surface area contributed by atoms with Crippen LogP contribution in [-0.2, 0) is 6.42 Å². The van der Waals surface area contributed by atoms with Crippen LogP contribution >= 0.6 is 11.8 Å². The first kappa shape index (κ1) is 9.09. The molecule has 0 aromatic heterocycles. The number of hydrogen-bond acceptors (Lipinski definition) is 4. The summed E-state index contributed by atoms with van der Waals surface area (Å²) in [5.41, 5.74) is 6.10. The predicted octanol–water partition coefficient (Wildman–Crippen LogP) is 1.66. The number of thioether (sulfide) groups is 1. The third kappa shape index (κ3) is 1.69. The number of para-hydroxylation sites is 1. The first-order valence-electron chi connectivity index (χ1n) is 5.23. The van der Waals surface area contributed by atoms with E-state index in [-0.39, 0.29) is 0 Å². The van der Waals surface area contributed by atoms with Gasteiger partial charge in [-0.05, 0) is 18.1 Å². The molecule has 3 rings (SSSR count). The van der Waals surface area contributed by atoms with Gasteiger partial charge in [0.15, 0.2) is 5.17 Å². The molecule has 2 heterocycles. The molecule has 2 aliphatic heterocycles. The lowest BCUT2D eigenvalue weighted by atomic mass is 10.2. The SMILES string of the molecule is c1ccc2c(c1)CCN2NC1=NCCS1. The average molecular weight is 219 g/mol.